The highest BCUT2D eigenvalue weighted by Crippen LogP contribution is 2.36. The number of anilines is 2. The first-order valence-corrected chi connectivity index (χ1v) is 12.6. The normalized spacial score (nSPS) is 13.9. The van der Waals surface area contributed by atoms with Crippen molar-refractivity contribution in [3.05, 3.63) is 66.0 Å². The number of methoxy groups -OCH3 is 1. The molecule has 0 aliphatic carbocycles. The molecule has 1 aliphatic rings. The number of ether oxygens (including phenoxy) is 3. The first-order valence-electron chi connectivity index (χ1n) is 12.6. The second-order valence-electron chi connectivity index (χ2n) is 9.07. The van der Waals surface area contributed by atoms with Gasteiger partial charge in [0, 0.05) is 66.7 Å². The average molecular weight is 521 g/mol. The van der Waals surface area contributed by atoms with Crippen molar-refractivity contribution in [1.82, 2.24) is 24.8 Å². The molecule has 2 aromatic carbocycles. The van der Waals surface area contributed by atoms with Crippen LogP contribution in [0.4, 0.5) is 11.6 Å². The summed E-state index contributed by atoms with van der Waals surface area (Å²) < 4.78 is 19.1. The summed E-state index contributed by atoms with van der Waals surface area (Å²) in [6, 6.07) is 15.4. The van der Waals surface area contributed by atoms with E-state index >= 15 is 0 Å². The molecule has 1 saturated heterocycles. The molecule has 0 bridgehead atoms. The quantitative estimate of drug-likeness (QED) is 0.338. The van der Waals surface area contributed by atoms with E-state index in [1.54, 1.807) is 26.3 Å². The predicted molar refractivity (Wildman–Crippen MR) is 150 cm³/mol. The van der Waals surface area contributed by atoms with Crippen LogP contribution in [-0.2, 0) is 18.2 Å². The zero-order chi connectivity index (χ0) is 26.5. The van der Waals surface area contributed by atoms with Crippen LogP contribution in [-0.4, -0.2) is 72.3 Å². The Morgan fingerprint density at radius 3 is 2.76 bits per heavy atom. The minimum atomic E-state index is -0.288. The maximum Gasteiger partial charge on any atom is 0.269 e. The number of carbonyl (C=O) groups excluding carboxylic acids is 1. The van der Waals surface area contributed by atoms with E-state index in [0.717, 1.165) is 56.0 Å². The highest BCUT2D eigenvalue weighted by atomic mass is 16.5. The molecule has 0 atom stereocenters. The molecule has 10 nitrogen and oxygen atoms in total. The number of nitrogens with one attached hydrogen (secondary N) is 2. The molecule has 0 radical (unpaired) electrons. The van der Waals surface area contributed by atoms with Gasteiger partial charge in [0.25, 0.3) is 5.91 Å². The summed E-state index contributed by atoms with van der Waals surface area (Å²) >= 11 is 0. The summed E-state index contributed by atoms with van der Waals surface area (Å²) in [7, 11) is 5.11. The van der Waals surface area contributed by atoms with Crippen LogP contribution < -0.4 is 20.1 Å². The minimum absolute atomic E-state index is 0. The molecule has 0 saturated carbocycles. The largest absolute Gasteiger partial charge is 0.493 e. The van der Waals surface area contributed by atoms with Crippen LogP contribution in [0.2, 0.25) is 0 Å². The van der Waals surface area contributed by atoms with Gasteiger partial charge in [0.1, 0.15) is 11.4 Å². The molecule has 1 fully saturated rings. The number of fused-ring (bicyclic) bond motifs is 1. The lowest BCUT2D eigenvalue weighted by Crippen LogP contribution is -2.37. The third-order valence-corrected chi connectivity index (χ3v) is 6.59. The molecule has 4 aromatic rings. The van der Waals surface area contributed by atoms with Gasteiger partial charge in [-0.25, -0.2) is 4.98 Å². The van der Waals surface area contributed by atoms with Gasteiger partial charge in [0.2, 0.25) is 5.95 Å². The second kappa shape index (κ2) is 11.5. The van der Waals surface area contributed by atoms with Gasteiger partial charge >= 0.3 is 0 Å². The Labute approximate surface area is 224 Å². The summed E-state index contributed by atoms with van der Waals surface area (Å²) in [6.45, 7) is 4.62. The standard InChI is InChI=1S/C28H32N6O4.2H2/c1-29-27(35)23-16-21(7-9-30-23)38-26-17-22-24(18-25(26)36-3)33(2)28(32-22)31-20-6-4-5-19(15-20)8-10-34-11-13-37-14-12-34;;/h4-7,9,15-18H,8,10-14H2,1-3H3,(H,29,35)(H,31,32);2*1H. The third kappa shape index (κ3) is 5.71. The Balaban J connectivity index is 0.00000220. The summed E-state index contributed by atoms with van der Waals surface area (Å²) in [6.07, 6.45) is 2.51. The first-order chi connectivity index (χ1) is 18.5. The molecule has 1 amide bonds. The van der Waals surface area contributed by atoms with Gasteiger partial charge in [-0.05, 0) is 30.2 Å². The second-order valence-corrected chi connectivity index (χ2v) is 9.07. The fourth-order valence-electron chi connectivity index (χ4n) is 4.45. The minimum Gasteiger partial charge on any atom is -0.493 e. The number of carbonyl (C=O) groups is 1. The molecule has 38 heavy (non-hydrogen) atoms. The number of benzene rings is 2. The van der Waals surface area contributed by atoms with E-state index in [2.05, 4.69) is 38.7 Å². The zero-order valence-corrected chi connectivity index (χ0v) is 21.9. The SMILES string of the molecule is CNC(=O)c1cc(Oc2cc3nc(Nc4cccc(CCN5CCOCC5)c4)n(C)c3cc2OC)ccn1.[HH].[HH]. The number of aryl methyl sites for hydroxylation is 1. The lowest BCUT2D eigenvalue weighted by atomic mass is 10.1. The smallest absolute Gasteiger partial charge is 0.269 e. The van der Waals surface area contributed by atoms with Gasteiger partial charge in [-0.15, -0.1) is 0 Å². The molecular weight excluding hydrogens is 484 g/mol. The summed E-state index contributed by atoms with van der Waals surface area (Å²) in [5, 5.41) is 6.02. The molecule has 202 valence electrons. The van der Waals surface area contributed by atoms with Crippen LogP contribution in [0.1, 0.15) is 18.9 Å². The Kier molecular flexibility index (Phi) is 7.71. The predicted octanol–water partition coefficient (Wildman–Crippen LogP) is 4.24. The molecule has 0 unspecified atom stereocenters. The number of hydrogen-bond donors (Lipinski definition) is 2. The monoisotopic (exact) mass is 520 g/mol. The number of pyridine rings is 1. The molecule has 2 aromatic heterocycles. The van der Waals surface area contributed by atoms with Crippen molar-refractivity contribution in [2.75, 3.05) is 52.3 Å². The summed E-state index contributed by atoms with van der Waals surface area (Å²) in [5.41, 5.74) is 4.15. The van der Waals surface area contributed by atoms with Crippen molar-refractivity contribution in [3.63, 3.8) is 0 Å². The number of imidazole rings is 1. The molecular formula is C28H36N6O4. The Morgan fingerprint density at radius 1 is 1.13 bits per heavy atom. The van der Waals surface area contributed by atoms with Gasteiger partial charge in [-0.3, -0.25) is 14.7 Å². The Hall–Kier alpha value is -4.15. The van der Waals surface area contributed by atoms with Gasteiger partial charge in [-0.1, -0.05) is 12.1 Å². The highest BCUT2D eigenvalue weighted by Gasteiger charge is 2.16. The number of aromatic nitrogens is 3. The van der Waals surface area contributed by atoms with Crippen molar-refractivity contribution in [1.29, 1.82) is 0 Å². The Morgan fingerprint density at radius 2 is 1.97 bits per heavy atom. The molecule has 1 aliphatic heterocycles. The van der Waals surface area contributed by atoms with E-state index in [0.29, 0.717) is 23.2 Å². The van der Waals surface area contributed by atoms with Crippen LogP contribution >= 0.6 is 0 Å². The number of morpholine rings is 1. The van der Waals surface area contributed by atoms with Crippen molar-refractivity contribution >= 4 is 28.6 Å². The van der Waals surface area contributed by atoms with E-state index in [1.807, 2.05) is 29.8 Å². The number of amides is 1. The summed E-state index contributed by atoms with van der Waals surface area (Å²) in [4.78, 5) is 23.3. The van der Waals surface area contributed by atoms with E-state index in [-0.39, 0.29) is 14.5 Å². The first kappa shape index (κ1) is 25.5. The maximum absolute atomic E-state index is 12.0. The maximum atomic E-state index is 12.0. The van der Waals surface area contributed by atoms with Crippen LogP contribution in [0.25, 0.3) is 11.0 Å². The fourth-order valence-corrected chi connectivity index (χ4v) is 4.45. The van der Waals surface area contributed by atoms with Gasteiger partial charge in [-0.2, -0.15) is 0 Å². The number of rotatable bonds is 9. The molecule has 2 N–H and O–H groups in total. The van der Waals surface area contributed by atoms with Crippen LogP contribution in [0.3, 0.4) is 0 Å². The average Bonchev–Trinajstić information content (AvgIpc) is 3.25. The van der Waals surface area contributed by atoms with Crippen LogP contribution in [0.15, 0.2) is 54.7 Å². The summed E-state index contributed by atoms with van der Waals surface area (Å²) in [5.74, 6) is 1.93. The number of nitrogens with zero attached hydrogens (tertiary/aromatic N) is 4. The molecule has 10 heteroatoms. The zero-order valence-electron chi connectivity index (χ0n) is 21.9. The third-order valence-electron chi connectivity index (χ3n) is 6.59. The Bertz CT molecular complexity index is 1440. The van der Waals surface area contributed by atoms with Gasteiger partial charge < -0.3 is 29.4 Å². The molecule has 0 spiro atoms. The van der Waals surface area contributed by atoms with Crippen molar-refractivity contribution in [2.45, 2.75) is 6.42 Å². The van der Waals surface area contributed by atoms with Gasteiger partial charge in [0.05, 0.1) is 31.4 Å². The number of hydrogen-bond acceptors (Lipinski definition) is 8. The molecule has 5 rings (SSSR count). The molecule has 3 heterocycles. The van der Waals surface area contributed by atoms with E-state index < -0.39 is 0 Å². The fraction of sp³-hybridized carbons (Fsp3) is 0.321. The van der Waals surface area contributed by atoms with Crippen molar-refractivity contribution in [2.24, 2.45) is 7.05 Å². The van der Waals surface area contributed by atoms with Crippen LogP contribution in [0, 0.1) is 0 Å². The van der Waals surface area contributed by atoms with Crippen LogP contribution in [0.5, 0.6) is 17.2 Å². The van der Waals surface area contributed by atoms with Gasteiger partial charge in [0.15, 0.2) is 11.5 Å². The lowest BCUT2D eigenvalue weighted by Gasteiger charge is -2.26. The van der Waals surface area contributed by atoms with E-state index in [1.165, 1.54) is 11.8 Å². The van der Waals surface area contributed by atoms with Crippen molar-refractivity contribution in [3.8, 4) is 17.2 Å². The van der Waals surface area contributed by atoms with E-state index in [4.69, 9.17) is 19.2 Å². The highest BCUT2D eigenvalue weighted by molar-refractivity contribution is 5.92. The van der Waals surface area contributed by atoms with E-state index in [9.17, 15) is 4.79 Å². The topological polar surface area (TPSA) is 103 Å². The van der Waals surface area contributed by atoms with Crippen molar-refractivity contribution < 1.29 is 21.9 Å². The lowest BCUT2D eigenvalue weighted by molar-refractivity contribution is 0.0384.